The minimum Gasteiger partial charge on any atom is -0.494 e. The van der Waals surface area contributed by atoms with Gasteiger partial charge in [-0.05, 0) is 79.2 Å². The molecule has 5 rings (SSSR count). The van der Waals surface area contributed by atoms with E-state index in [0.717, 1.165) is 30.8 Å². The van der Waals surface area contributed by atoms with Gasteiger partial charge in [-0.3, -0.25) is 9.59 Å². The number of ether oxygens (including phenoxy) is 3. The zero-order valence-corrected chi connectivity index (χ0v) is 22.5. The highest BCUT2D eigenvalue weighted by atomic mass is 16.5. The molecule has 0 radical (unpaired) electrons. The number of benzene rings is 4. The second-order valence-electron chi connectivity index (χ2n) is 9.27. The van der Waals surface area contributed by atoms with Crippen molar-refractivity contribution in [1.82, 2.24) is 10.3 Å². The maximum absolute atomic E-state index is 13.1. The van der Waals surface area contributed by atoms with Crippen molar-refractivity contribution in [2.75, 3.05) is 32.7 Å². The Labute approximate surface area is 231 Å². The number of aromatic nitrogens is 1. The maximum atomic E-state index is 13.1. The number of rotatable bonds is 11. The van der Waals surface area contributed by atoms with E-state index in [1.807, 2.05) is 48.5 Å². The van der Waals surface area contributed by atoms with Gasteiger partial charge in [0.1, 0.15) is 5.75 Å². The molecule has 0 saturated carbocycles. The molecule has 1 aromatic heterocycles. The van der Waals surface area contributed by atoms with E-state index in [0.29, 0.717) is 51.2 Å². The van der Waals surface area contributed by atoms with Crippen LogP contribution in [-0.4, -0.2) is 38.3 Å². The normalized spacial score (nSPS) is 10.9. The lowest BCUT2D eigenvalue weighted by atomic mass is 10.1. The number of methoxy groups -OCH3 is 2. The topological polar surface area (TPSA) is 102 Å². The molecule has 0 spiro atoms. The fraction of sp³-hybridized carbons (Fsp3) is 0.188. The number of hydrogen-bond donors (Lipinski definition) is 3. The molecule has 1 amide bonds. The van der Waals surface area contributed by atoms with Gasteiger partial charge in [-0.15, -0.1) is 0 Å². The van der Waals surface area contributed by atoms with E-state index in [1.54, 1.807) is 50.6 Å². The number of pyridine rings is 1. The number of para-hydroxylation sites is 2. The van der Waals surface area contributed by atoms with Crippen molar-refractivity contribution in [3.63, 3.8) is 0 Å². The fourth-order valence-electron chi connectivity index (χ4n) is 4.58. The highest BCUT2D eigenvalue weighted by Crippen LogP contribution is 2.27. The third kappa shape index (κ3) is 5.92. The Bertz CT molecular complexity index is 1700. The summed E-state index contributed by atoms with van der Waals surface area (Å²) in [5.41, 5.74) is 3.26. The van der Waals surface area contributed by atoms with Gasteiger partial charge in [0.15, 0.2) is 16.9 Å². The number of hydrogen-bond acceptors (Lipinski definition) is 6. The van der Waals surface area contributed by atoms with E-state index in [-0.39, 0.29) is 11.3 Å². The number of carbonyl (C=O) groups is 1. The van der Waals surface area contributed by atoms with Crippen molar-refractivity contribution in [3.8, 4) is 17.2 Å². The Morgan fingerprint density at radius 1 is 0.850 bits per heavy atom. The molecule has 0 aliphatic heterocycles. The van der Waals surface area contributed by atoms with Crippen LogP contribution in [0.4, 0.5) is 5.69 Å². The highest BCUT2D eigenvalue weighted by Gasteiger charge is 2.14. The molecule has 0 saturated heterocycles. The first kappa shape index (κ1) is 26.8. The lowest BCUT2D eigenvalue weighted by Gasteiger charge is -2.11. The van der Waals surface area contributed by atoms with Crippen LogP contribution in [0.1, 0.15) is 22.3 Å². The summed E-state index contributed by atoms with van der Waals surface area (Å²) in [7, 11) is 3.25. The Morgan fingerprint density at radius 2 is 1.62 bits per heavy atom. The molecule has 5 aromatic rings. The highest BCUT2D eigenvalue weighted by molar-refractivity contribution is 6.13. The molecular weight excluding hydrogens is 506 g/mol. The maximum Gasteiger partial charge on any atom is 0.257 e. The summed E-state index contributed by atoms with van der Waals surface area (Å²) in [5.74, 6) is 1.85. The number of H-pyrrole nitrogens is 1. The van der Waals surface area contributed by atoms with E-state index in [2.05, 4.69) is 15.6 Å². The standard InChI is InChI=1S/C32H31N3O5/c1-38-28-16-11-21(19-29(28)39-2)20-33-17-6-18-40-23-14-12-22(13-15-23)34-32(37)26-9-5-8-25-30(26)35-27-10-4-3-7-24(27)31(25)36/h3-5,7-16,19,33H,6,17-18,20H2,1-2H3,(H,34,37)(H,35,36). The summed E-state index contributed by atoms with van der Waals surface area (Å²) in [6, 6.07) is 25.6. The van der Waals surface area contributed by atoms with Crippen molar-refractivity contribution in [2.24, 2.45) is 0 Å². The van der Waals surface area contributed by atoms with E-state index >= 15 is 0 Å². The zero-order valence-electron chi connectivity index (χ0n) is 22.5. The molecule has 0 aliphatic rings. The molecule has 0 bridgehead atoms. The number of anilines is 1. The van der Waals surface area contributed by atoms with Crippen LogP contribution < -0.4 is 30.3 Å². The van der Waals surface area contributed by atoms with Crippen molar-refractivity contribution in [2.45, 2.75) is 13.0 Å². The summed E-state index contributed by atoms with van der Waals surface area (Å²) >= 11 is 0. The van der Waals surface area contributed by atoms with Crippen LogP contribution in [0, 0.1) is 0 Å². The monoisotopic (exact) mass is 537 g/mol. The first-order valence-electron chi connectivity index (χ1n) is 13.1. The van der Waals surface area contributed by atoms with Gasteiger partial charge >= 0.3 is 0 Å². The van der Waals surface area contributed by atoms with Crippen LogP contribution in [0.3, 0.4) is 0 Å². The number of aromatic amines is 1. The molecule has 8 heteroatoms. The first-order chi connectivity index (χ1) is 19.6. The Balaban J connectivity index is 1.13. The third-order valence-corrected chi connectivity index (χ3v) is 6.64. The van der Waals surface area contributed by atoms with Crippen LogP contribution >= 0.6 is 0 Å². The average molecular weight is 538 g/mol. The molecule has 3 N–H and O–H groups in total. The predicted octanol–water partition coefficient (Wildman–Crippen LogP) is 5.51. The molecule has 0 unspecified atom stereocenters. The number of fused-ring (bicyclic) bond motifs is 2. The lowest BCUT2D eigenvalue weighted by Crippen LogP contribution is -2.17. The summed E-state index contributed by atoms with van der Waals surface area (Å²) in [6.45, 7) is 2.07. The van der Waals surface area contributed by atoms with Crippen molar-refractivity contribution in [1.29, 1.82) is 0 Å². The second kappa shape index (κ2) is 12.4. The molecule has 40 heavy (non-hydrogen) atoms. The van der Waals surface area contributed by atoms with Crippen molar-refractivity contribution in [3.05, 3.63) is 106 Å². The molecule has 1 heterocycles. The van der Waals surface area contributed by atoms with Crippen LogP contribution in [0.15, 0.2) is 89.7 Å². The lowest BCUT2D eigenvalue weighted by molar-refractivity contribution is 0.102. The average Bonchev–Trinajstić information content (AvgIpc) is 2.99. The zero-order chi connectivity index (χ0) is 27.9. The van der Waals surface area contributed by atoms with Crippen LogP contribution in [-0.2, 0) is 6.54 Å². The van der Waals surface area contributed by atoms with Gasteiger partial charge < -0.3 is 29.8 Å². The Morgan fingerprint density at radius 3 is 2.42 bits per heavy atom. The Hall–Kier alpha value is -4.82. The SMILES string of the molecule is COc1ccc(CNCCCOc2ccc(NC(=O)c3cccc4c(=O)c5ccccc5[nH]c34)cc2)cc1OC. The Kier molecular flexibility index (Phi) is 8.27. The number of carbonyl (C=O) groups excluding carboxylic acids is 1. The fourth-order valence-corrected chi connectivity index (χ4v) is 4.58. The first-order valence-corrected chi connectivity index (χ1v) is 13.1. The minimum absolute atomic E-state index is 0.100. The van der Waals surface area contributed by atoms with Crippen LogP contribution in [0.5, 0.6) is 17.2 Å². The molecule has 204 valence electrons. The van der Waals surface area contributed by atoms with E-state index < -0.39 is 0 Å². The predicted molar refractivity (Wildman–Crippen MR) is 158 cm³/mol. The number of amides is 1. The largest absolute Gasteiger partial charge is 0.494 e. The summed E-state index contributed by atoms with van der Waals surface area (Å²) in [6.07, 6.45) is 0.833. The summed E-state index contributed by atoms with van der Waals surface area (Å²) in [4.78, 5) is 29.3. The molecule has 8 nitrogen and oxygen atoms in total. The van der Waals surface area contributed by atoms with E-state index in [9.17, 15) is 9.59 Å². The van der Waals surface area contributed by atoms with Gasteiger partial charge in [0.25, 0.3) is 5.91 Å². The van der Waals surface area contributed by atoms with Crippen molar-refractivity contribution < 1.29 is 19.0 Å². The van der Waals surface area contributed by atoms with Crippen LogP contribution in [0.25, 0.3) is 21.8 Å². The van der Waals surface area contributed by atoms with Crippen molar-refractivity contribution >= 4 is 33.4 Å². The second-order valence-corrected chi connectivity index (χ2v) is 9.27. The van der Waals surface area contributed by atoms with Gasteiger partial charge in [-0.2, -0.15) is 0 Å². The van der Waals surface area contributed by atoms with Gasteiger partial charge in [0.05, 0.1) is 31.9 Å². The summed E-state index contributed by atoms with van der Waals surface area (Å²) in [5, 5.41) is 7.39. The molecule has 0 aliphatic carbocycles. The quantitative estimate of drug-likeness (QED) is 0.152. The molecule has 0 fully saturated rings. The molecular formula is C32H31N3O5. The smallest absolute Gasteiger partial charge is 0.257 e. The van der Waals surface area contributed by atoms with E-state index in [4.69, 9.17) is 14.2 Å². The van der Waals surface area contributed by atoms with Gasteiger partial charge in [-0.25, -0.2) is 0 Å². The molecule has 0 atom stereocenters. The summed E-state index contributed by atoms with van der Waals surface area (Å²) < 4.78 is 16.5. The van der Waals surface area contributed by atoms with Crippen LogP contribution in [0.2, 0.25) is 0 Å². The van der Waals surface area contributed by atoms with E-state index in [1.165, 1.54) is 0 Å². The van der Waals surface area contributed by atoms with Gasteiger partial charge in [0, 0.05) is 28.5 Å². The molecule has 4 aromatic carbocycles. The minimum atomic E-state index is -0.300. The van der Waals surface area contributed by atoms with Gasteiger partial charge in [0.2, 0.25) is 0 Å². The third-order valence-electron chi connectivity index (χ3n) is 6.64. The number of nitrogens with one attached hydrogen (secondary N) is 3. The van der Waals surface area contributed by atoms with Gasteiger partial charge in [-0.1, -0.05) is 24.3 Å².